The minimum atomic E-state index is -3.51. The summed E-state index contributed by atoms with van der Waals surface area (Å²) < 4.78 is 46.4. The van der Waals surface area contributed by atoms with E-state index in [0.29, 0.717) is 42.9 Å². The Kier molecular flexibility index (Phi) is 12.5. The first kappa shape index (κ1) is 46.7. The molecule has 0 aromatic carbocycles. The number of hydrogen-bond donors (Lipinski definition) is 2. The summed E-state index contributed by atoms with van der Waals surface area (Å²) in [6.45, 7) is 19.5. The molecule has 11 aliphatic rings. The third-order valence-corrected chi connectivity index (χ3v) is 19.6. The lowest BCUT2D eigenvalue weighted by molar-refractivity contribution is -0.225. The van der Waals surface area contributed by atoms with Crippen LogP contribution >= 0.6 is 0 Å². The van der Waals surface area contributed by atoms with Gasteiger partial charge in [-0.1, -0.05) is 34.6 Å². The zero-order valence-electron chi connectivity index (χ0n) is 38.8. The maximum Gasteiger partial charge on any atom is 0.325 e. The lowest BCUT2D eigenvalue weighted by Gasteiger charge is -2.59. The van der Waals surface area contributed by atoms with Gasteiger partial charge in [-0.05, 0) is 166 Å². The van der Waals surface area contributed by atoms with Crippen molar-refractivity contribution in [3.63, 3.8) is 0 Å². The molecule has 7 atom stereocenters. The molecule has 61 heavy (non-hydrogen) atoms. The zero-order valence-corrected chi connectivity index (χ0v) is 39.6. The summed E-state index contributed by atoms with van der Waals surface area (Å²) in [6, 6.07) is 0. The molecule has 1 heterocycles. The van der Waals surface area contributed by atoms with Crippen LogP contribution in [0.2, 0.25) is 0 Å². The van der Waals surface area contributed by atoms with E-state index in [-0.39, 0.29) is 52.8 Å². The van der Waals surface area contributed by atoms with Crippen LogP contribution < -0.4 is 5.32 Å². The Labute approximate surface area is 365 Å². The maximum absolute atomic E-state index is 12.5. The van der Waals surface area contributed by atoms with E-state index >= 15 is 0 Å². The van der Waals surface area contributed by atoms with E-state index in [1.165, 1.54) is 38.5 Å². The molecule has 0 aromatic rings. The van der Waals surface area contributed by atoms with Crippen LogP contribution in [0.25, 0.3) is 0 Å². The molecule has 13 heteroatoms. The van der Waals surface area contributed by atoms with Crippen LogP contribution in [0.1, 0.15) is 172 Å². The van der Waals surface area contributed by atoms with E-state index in [4.69, 9.17) is 18.4 Å². The van der Waals surface area contributed by atoms with Crippen LogP contribution in [0.4, 0.5) is 0 Å². The SMILES string of the molecule is CCC(C)(C)C(=O)NCC(=O)OC1C2CC3C1OS(=O)(=O)C3C2.CCC(C)(C)C(=O)OC1(C)C2CC3CC(C2)CC1C3.CCC(C)(C)C(=O)OC12CC3CC(CC(O)(C3)C1)C2. The number of carbonyl (C=O) groups is 4. The van der Waals surface area contributed by atoms with Gasteiger partial charge in [0.2, 0.25) is 5.91 Å². The van der Waals surface area contributed by atoms with Crippen molar-refractivity contribution < 1.29 is 51.1 Å². The van der Waals surface area contributed by atoms with Crippen molar-refractivity contribution in [3.8, 4) is 0 Å². The molecule has 10 bridgehead atoms. The molecule has 1 amide bonds. The summed E-state index contributed by atoms with van der Waals surface area (Å²) in [4.78, 5) is 48.8. The van der Waals surface area contributed by atoms with Crippen molar-refractivity contribution in [2.45, 2.75) is 206 Å². The molecule has 1 saturated heterocycles. The first-order valence-electron chi connectivity index (χ1n) is 23.9. The normalized spacial score (nSPS) is 41.6. The number of carbonyl (C=O) groups excluding carboxylic acids is 4. The number of rotatable bonds is 11. The Hall–Kier alpha value is -2.25. The number of hydrogen-bond acceptors (Lipinski definition) is 11. The van der Waals surface area contributed by atoms with Crippen LogP contribution in [0.3, 0.4) is 0 Å². The van der Waals surface area contributed by atoms with Gasteiger partial charge in [-0.15, -0.1) is 0 Å². The summed E-state index contributed by atoms with van der Waals surface area (Å²) in [7, 11) is -3.51. The van der Waals surface area contributed by atoms with Gasteiger partial charge in [0.15, 0.2) is 0 Å². The largest absolute Gasteiger partial charge is 0.459 e. The van der Waals surface area contributed by atoms with Crippen LogP contribution in [0.5, 0.6) is 0 Å². The van der Waals surface area contributed by atoms with Crippen LogP contribution in [-0.2, 0) is 47.7 Å². The molecule has 346 valence electrons. The molecule has 7 unspecified atom stereocenters. The molecule has 10 saturated carbocycles. The van der Waals surface area contributed by atoms with E-state index in [2.05, 4.69) is 19.2 Å². The standard InChI is InChI=1S/C17H28O2.C16H26O3.C15H23NO6S/c1-5-16(2,3)15(18)19-17(4)13-7-11-6-12(9-13)10-14(17)8-11;1-4-14(2,3)13(17)19-16-8-11-5-12(9-16)7-15(18,6-11)10-16;1-4-15(2,3)14(18)16-7-11(17)21-12-8-5-9-10(6-8)23(19,20)22-13(9)12/h11-14H,5-10H2,1-4H3;11-12,18H,4-10H2,1-3H3;8-10,12-13H,4-7H2,1-3H3,(H,16,18). The van der Waals surface area contributed by atoms with Gasteiger partial charge >= 0.3 is 17.9 Å². The molecule has 0 spiro atoms. The van der Waals surface area contributed by atoms with Crippen molar-refractivity contribution in [2.24, 2.45) is 63.6 Å². The topological polar surface area (TPSA) is 172 Å². The molecule has 0 radical (unpaired) electrons. The van der Waals surface area contributed by atoms with Crippen LogP contribution in [0.15, 0.2) is 0 Å². The van der Waals surface area contributed by atoms with E-state index in [0.717, 1.165) is 56.8 Å². The predicted octanol–water partition coefficient (Wildman–Crippen LogP) is 7.82. The molecule has 2 N–H and O–H groups in total. The fourth-order valence-corrected chi connectivity index (χ4v) is 15.2. The smallest absolute Gasteiger partial charge is 0.325 e. The number of fused-ring (bicyclic) bond motifs is 1. The fraction of sp³-hybridized carbons (Fsp3) is 0.917. The molecule has 11 rings (SSSR count). The van der Waals surface area contributed by atoms with Crippen molar-refractivity contribution in [2.75, 3.05) is 6.54 Å². The van der Waals surface area contributed by atoms with Gasteiger partial charge in [0, 0.05) is 23.7 Å². The van der Waals surface area contributed by atoms with Gasteiger partial charge in [-0.2, -0.15) is 8.42 Å². The zero-order chi connectivity index (χ0) is 44.7. The number of ether oxygens (including phenoxy) is 3. The van der Waals surface area contributed by atoms with Crippen molar-refractivity contribution in [1.29, 1.82) is 0 Å². The summed E-state index contributed by atoms with van der Waals surface area (Å²) in [5.74, 6) is 3.38. The lowest BCUT2D eigenvalue weighted by atomic mass is 9.50. The first-order chi connectivity index (χ1) is 28.3. The van der Waals surface area contributed by atoms with Crippen LogP contribution in [-0.4, -0.2) is 78.1 Å². The van der Waals surface area contributed by atoms with Crippen molar-refractivity contribution in [3.05, 3.63) is 0 Å². The van der Waals surface area contributed by atoms with Gasteiger partial charge in [0.05, 0.1) is 21.7 Å². The molecule has 0 aromatic heterocycles. The summed E-state index contributed by atoms with van der Waals surface area (Å²) in [6.07, 6.45) is 14.7. The predicted molar refractivity (Wildman–Crippen MR) is 229 cm³/mol. The van der Waals surface area contributed by atoms with Gasteiger partial charge in [0.25, 0.3) is 10.1 Å². The van der Waals surface area contributed by atoms with E-state index in [1.807, 2.05) is 41.5 Å². The lowest BCUT2D eigenvalue weighted by Crippen LogP contribution is -2.61. The quantitative estimate of drug-likeness (QED) is 0.118. The summed E-state index contributed by atoms with van der Waals surface area (Å²) >= 11 is 0. The molecule has 11 fully saturated rings. The monoisotopic (exact) mass is 876 g/mol. The number of nitrogens with one attached hydrogen (secondary N) is 1. The highest BCUT2D eigenvalue weighted by Crippen LogP contribution is 2.61. The van der Waals surface area contributed by atoms with Gasteiger partial charge in [-0.3, -0.25) is 23.4 Å². The van der Waals surface area contributed by atoms with E-state index in [9.17, 15) is 32.7 Å². The van der Waals surface area contributed by atoms with Crippen molar-refractivity contribution >= 4 is 33.9 Å². The molecular weight excluding hydrogens is 799 g/mol. The van der Waals surface area contributed by atoms with Gasteiger partial charge < -0.3 is 24.6 Å². The second kappa shape index (κ2) is 16.3. The van der Waals surface area contributed by atoms with Gasteiger partial charge in [-0.25, -0.2) is 0 Å². The number of aliphatic hydroxyl groups is 1. The first-order valence-corrected chi connectivity index (χ1v) is 25.3. The average molecular weight is 876 g/mol. The molecule has 12 nitrogen and oxygen atoms in total. The van der Waals surface area contributed by atoms with Crippen molar-refractivity contribution in [1.82, 2.24) is 5.32 Å². The Bertz CT molecular complexity index is 1780. The van der Waals surface area contributed by atoms with E-state index in [1.54, 1.807) is 13.8 Å². The summed E-state index contributed by atoms with van der Waals surface area (Å²) in [5.41, 5.74) is -2.37. The highest BCUT2D eigenvalue weighted by atomic mass is 32.2. The van der Waals surface area contributed by atoms with E-state index < -0.39 is 50.0 Å². The Morgan fingerprint density at radius 2 is 1.21 bits per heavy atom. The highest BCUT2D eigenvalue weighted by Gasteiger charge is 2.65. The molecular formula is C48H77NO11S. The minimum Gasteiger partial charge on any atom is -0.459 e. The third kappa shape index (κ3) is 9.06. The Balaban J connectivity index is 0.000000139. The third-order valence-electron chi connectivity index (χ3n) is 17.8. The fourth-order valence-electron chi connectivity index (χ4n) is 13.3. The summed E-state index contributed by atoms with van der Waals surface area (Å²) in [5, 5.41) is 12.8. The second-order valence-electron chi connectivity index (χ2n) is 23.5. The Morgan fingerprint density at radius 1 is 0.705 bits per heavy atom. The second-order valence-corrected chi connectivity index (χ2v) is 25.3. The highest BCUT2D eigenvalue weighted by molar-refractivity contribution is 7.87. The average Bonchev–Trinajstić information content (AvgIpc) is 3.80. The number of esters is 3. The van der Waals surface area contributed by atoms with Crippen LogP contribution in [0, 0.1) is 63.6 Å². The Morgan fingerprint density at radius 3 is 1.72 bits per heavy atom. The van der Waals surface area contributed by atoms with Gasteiger partial charge in [0.1, 0.15) is 30.0 Å². The molecule has 10 aliphatic carbocycles. The number of amides is 1. The minimum absolute atomic E-state index is 0.0185. The maximum atomic E-state index is 12.5. The molecule has 1 aliphatic heterocycles.